The van der Waals surface area contributed by atoms with Crippen molar-refractivity contribution in [3.05, 3.63) is 53.6 Å². The van der Waals surface area contributed by atoms with E-state index in [0.717, 1.165) is 11.8 Å². The molecule has 2 rings (SSSR count). The lowest BCUT2D eigenvalue weighted by Crippen LogP contribution is -2.14. The average molecular weight is 275 g/mol. The zero-order chi connectivity index (χ0) is 14.5. The molecule has 0 unspecified atom stereocenters. The summed E-state index contributed by atoms with van der Waals surface area (Å²) in [5.74, 6) is -0.776. The van der Waals surface area contributed by atoms with E-state index in [1.807, 2.05) is 0 Å². The lowest BCUT2D eigenvalue weighted by Gasteiger charge is -2.11. The van der Waals surface area contributed by atoms with Gasteiger partial charge in [-0.05, 0) is 23.8 Å². The summed E-state index contributed by atoms with van der Waals surface area (Å²) in [5, 5.41) is 2.60. The number of amides is 1. The number of methoxy groups -OCH3 is 1. The third kappa shape index (κ3) is 2.92. The van der Waals surface area contributed by atoms with Gasteiger partial charge in [-0.3, -0.25) is 9.78 Å². The summed E-state index contributed by atoms with van der Waals surface area (Å²) in [5.41, 5.74) is 6.78. The number of aromatic nitrogens is 1. The number of carbonyl (C=O) groups excluding carboxylic acids is 1. The van der Waals surface area contributed by atoms with Crippen LogP contribution in [0.1, 0.15) is 15.9 Å². The highest BCUT2D eigenvalue weighted by Crippen LogP contribution is 2.26. The number of hydrogen-bond donors (Lipinski definition) is 2. The monoisotopic (exact) mass is 275 g/mol. The van der Waals surface area contributed by atoms with Crippen molar-refractivity contribution < 1.29 is 13.9 Å². The van der Waals surface area contributed by atoms with Crippen LogP contribution in [0, 0.1) is 5.82 Å². The maximum absolute atomic E-state index is 13.5. The molecule has 0 aliphatic heterocycles. The van der Waals surface area contributed by atoms with Crippen LogP contribution < -0.4 is 15.8 Å². The fourth-order valence-electron chi connectivity index (χ4n) is 1.71. The van der Waals surface area contributed by atoms with E-state index in [4.69, 9.17) is 10.5 Å². The molecule has 0 aliphatic carbocycles. The number of pyridine rings is 1. The van der Waals surface area contributed by atoms with Gasteiger partial charge >= 0.3 is 0 Å². The highest BCUT2D eigenvalue weighted by atomic mass is 19.1. The Kier molecular flexibility index (Phi) is 4.27. The summed E-state index contributed by atoms with van der Waals surface area (Å²) >= 11 is 0. The number of nitrogens with two attached hydrogens (primary N) is 1. The second kappa shape index (κ2) is 6.12. The number of hydrogen-bond acceptors (Lipinski definition) is 4. The predicted octanol–water partition coefficient (Wildman–Crippen LogP) is 1.94. The van der Waals surface area contributed by atoms with E-state index in [-0.39, 0.29) is 5.56 Å². The molecule has 104 valence electrons. The Hall–Kier alpha value is -2.47. The average Bonchev–Trinajstić information content (AvgIpc) is 2.48. The fraction of sp³-hybridized carbons (Fsp3) is 0.143. The number of nitrogens with zero attached hydrogens (tertiary/aromatic N) is 1. The molecule has 0 spiro atoms. The molecule has 0 saturated heterocycles. The number of rotatable bonds is 4. The molecule has 0 bridgehead atoms. The minimum absolute atomic E-state index is 0.0787. The first-order valence-electron chi connectivity index (χ1n) is 5.93. The number of carbonyl (C=O) groups is 1. The molecule has 0 atom stereocenters. The van der Waals surface area contributed by atoms with Gasteiger partial charge < -0.3 is 15.8 Å². The van der Waals surface area contributed by atoms with Crippen molar-refractivity contribution in [2.45, 2.75) is 6.54 Å². The Morgan fingerprint density at radius 1 is 1.45 bits per heavy atom. The lowest BCUT2D eigenvalue weighted by molar-refractivity contribution is 0.102. The topological polar surface area (TPSA) is 77.2 Å². The van der Waals surface area contributed by atoms with E-state index in [0.29, 0.717) is 18.0 Å². The van der Waals surface area contributed by atoms with Gasteiger partial charge in [-0.15, -0.1) is 0 Å². The van der Waals surface area contributed by atoms with Crippen molar-refractivity contribution in [3.8, 4) is 5.75 Å². The minimum atomic E-state index is -0.678. The van der Waals surface area contributed by atoms with Crippen LogP contribution in [0.3, 0.4) is 0 Å². The quantitative estimate of drug-likeness (QED) is 0.894. The van der Waals surface area contributed by atoms with Crippen LogP contribution >= 0.6 is 0 Å². The predicted molar refractivity (Wildman–Crippen MR) is 73.0 cm³/mol. The Bertz CT molecular complexity index is 632. The van der Waals surface area contributed by atoms with E-state index in [1.165, 1.54) is 19.4 Å². The van der Waals surface area contributed by atoms with Crippen molar-refractivity contribution in [2.24, 2.45) is 5.73 Å². The van der Waals surface area contributed by atoms with Gasteiger partial charge in [-0.2, -0.15) is 0 Å². The van der Waals surface area contributed by atoms with Crippen molar-refractivity contribution >= 4 is 11.6 Å². The summed E-state index contributed by atoms with van der Waals surface area (Å²) in [6.45, 7) is 0.365. The number of nitrogens with one attached hydrogen (secondary N) is 1. The summed E-state index contributed by atoms with van der Waals surface area (Å²) in [6.07, 6.45) is 2.34. The first kappa shape index (κ1) is 14.0. The SMILES string of the molecule is COc1cc(CN)ccc1NC(=O)c1ccncc1F. The minimum Gasteiger partial charge on any atom is -0.495 e. The molecule has 0 aliphatic rings. The Labute approximate surface area is 115 Å². The Morgan fingerprint density at radius 2 is 2.25 bits per heavy atom. The lowest BCUT2D eigenvalue weighted by atomic mass is 10.1. The van der Waals surface area contributed by atoms with Gasteiger partial charge in [-0.1, -0.05) is 6.07 Å². The first-order valence-corrected chi connectivity index (χ1v) is 5.93. The van der Waals surface area contributed by atoms with Crippen LogP contribution in [0.15, 0.2) is 36.7 Å². The molecule has 0 saturated carbocycles. The summed E-state index contributed by atoms with van der Waals surface area (Å²) in [4.78, 5) is 15.6. The van der Waals surface area contributed by atoms with Crippen LogP contribution in [0.5, 0.6) is 5.75 Å². The van der Waals surface area contributed by atoms with Gasteiger partial charge in [0.15, 0.2) is 5.82 Å². The number of benzene rings is 1. The maximum Gasteiger partial charge on any atom is 0.258 e. The molecule has 1 aromatic heterocycles. The van der Waals surface area contributed by atoms with E-state index in [9.17, 15) is 9.18 Å². The van der Waals surface area contributed by atoms with Crippen molar-refractivity contribution in [2.75, 3.05) is 12.4 Å². The number of halogens is 1. The molecule has 1 aromatic carbocycles. The molecule has 1 amide bonds. The molecule has 2 aromatic rings. The largest absolute Gasteiger partial charge is 0.495 e. The Balaban J connectivity index is 2.26. The summed E-state index contributed by atoms with van der Waals surface area (Å²) in [7, 11) is 1.48. The molecule has 0 fully saturated rings. The molecule has 20 heavy (non-hydrogen) atoms. The van der Waals surface area contributed by atoms with Gasteiger partial charge in [0.2, 0.25) is 0 Å². The number of ether oxygens (including phenoxy) is 1. The molecular formula is C14H14FN3O2. The normalized spacial score (nSPS) is 10.2. The molecule has 0 radical (unpaired) electrons. The first-order chi connectivity index (χ1) is 9.65. The van der Waals surface area contributed by atoms with Crippen LogP contribution in [-0.4, -0.2) is 18.0 Å². The van der Waals surface area contributed by atoms with Gasteiger partial charge in [-0.25, -0.2) is 4.39 Å². The van der Waals surface area contributed by atoms with Crippen LogP contribution in [0.2, 0.25) is 0 Å². The zero-order valence-corrected chi connectivity index (χ0v) is 10.9. The van der Waals surface area contributed by atoms with Crippen molar-refractivity contribution in [1.29, 1.82) is 0 Å². The van der Waals surface area contributed by atoms with Crippen molar-refractivity contribution in [1.82, 2.24) is 4.98 Å². The maximum atomic E-state index is 13.5. The molecule has 5 nitrogen and oxygen atoms in total. The second-order valence-electron chi connectivity index (χ2n) is 4.05. The van der Waals surface area contributed by atoms with Gasteiger partial charge in [0.1, 0.15) is 5.75 Å². The Morgan fingerprint density at radius 3 is 2.90 bits per heavy atom. The smallest absolute Gasteiger partial charge is 0.258 e. The van der Waals surface area contributed by atoms with Crippen LogP contribution in [0.4, 0.5) is 10.1 Å². The number of anilines is 1. The highest BCUT2D eigenvalue weighted by molar-refractivity contribution is 6.05. The standard InChI is InChI=1S/C14H14FN3O2/c1-20-13-6-9(7-16)2-3-12(13)18-14(19)10-4-5-17-8-11(10)15/h2-6,8H,7,16H2,1H3,(H,18,19). The molecule has 3 N–H and O–H groups in total. The molecule has 1 heterocycles. The van der Waals surface area contributed by atoms with E-state index in [1.54, 1.807) is 18.2 Å². The van der Waals surface area contributed by atoms with Gasteiger partial charge in [0, 0.05) is 12.7 Å². The van der Waals surface area contributed by atoms with Gasteiger partial charge in [0.25, 0.3) is 5.91 Å². The third-order valence-electron chi connectivity index (χ3n) is 2.77. The van der Waals surface area contributed by atoms with Gasteiger partial charge in [0.05, 0.1) is 24.6 Å². The summed E-state index contributed by atoms with van der Waals surface area (Å²) < 4.78 is 18.7. The summed E-state index contributed by atoms with van der Waals surface area (Å²) in [6, 6.07) is 6.46. The second-order valence-corrected chi connectivity index (χ2v) is 4.05. The van der Waals surface area contributed by atoms with E-state index in [2.05, 4.69) is 10.3 Å². The third-order valence-corrected chi connectivity index (χ3v) is 2.77. The van der Waals surface area contributed by atoms with E-state index < -0.39 is 11.7 Å². The zero-order valence-electron chi connectivity index (χ0n) is 10.9. The van der Waals surface area contributed by atoms with Crippen LogP contribution in [0.25, 0.3) is 0 Å². The highest BCUT2D eigenvalue weighted by Gasteiger charge is 2.13. The van der Waals surface area contributed by atoms with Crippen molar-refractivity contribution in [3.63, 3.8) is 0 Å². The fourth-order valence-corrected chi connectivity index (χ4v) is 1.71. The molecule has 6 heteroatoms. The molecular weight excluding hydrogens is 261 g/mol. The van der Waals surface area contributed by atoms with E-state index >= 15 is 0 Å². The van der Waals surface area contributed by atoms with Crippen LogP contribution in [-0.2, 0) is 6.54 Å².